The van der Waals surface area contributed by atoms with E-state index < -0.39 is 5.97 Å². The number of ether oxygens (including phenoxy) is 1. The second kappa shape index (κ2) is 5.95. The van der Waals surface area contributed by atoms with E-state index in [0.29, 0.717) is 11.4 Å². The Morgan fingerprint density at radius 1 is 1.37 bits per heavy atom. The van der Waals surface area contributed by atoms with Gasteiger partial charge in [0.05, 0.1) is 19.2 Å². The predicted octanol–water partition coefficient (Wildman–Crippen LogP) is 2.09. The van der Waals surface area contributed by atoms with Gasteiger partial charge in [-0.15, -0.1) is 0 Å². The minimum Gasteiger partial charge on any atom is -0.497 e. The molecule has 0 radical (unpaired) electrons. The van der Waals surface area contributed by atoms with Crippen LogP contribution in [0.4, 0.5) is 0 Å². The molecule has 2 aromatic rings. The third-order valence-electron chi connectivity index (χ3n) is 2.82. The number of methoxy groups -OCH3 is 1. The fourth-order valence-electron chi connectivity index (χ4n) is 1.93. The van der Waals surface area contributed by atoms with Gasteiger partial charge >= 0.3 is 5.97 Å². The zero-order valence-electron chi connectivity index (χ0n) is 10.5. The molecule has 1 heterocycles. The van der Waals surface area contributed by atoms with Gasteiger partial charge in [0.2, 0.25) is 0 Å². The molecule has 1 N–H and O–H groups in total. The van der Waals surface area contributed by atoms with Crippen LogP contribution in [0.25, 0.3) is 0 Å². The first kappa shape index (κ1) is 13.0. The van der Waals surface area contributed by atoms with Crippen LogP contribution in [0.2, 0.25) is 0 Å². The lowest BCUT2D eigenvalue weighted by molar-refractivity contribution is -0.137. The molecule has 98 valence electrons. The van der Waals surface area contributed by atoms with Crippen LogP contribution in [-0.4, -0.2) is 28.4 Å². The summed E-state index contributed by atoms with van der Waals surface area (Å²) in [5.74, 6) is -0.517. The van der Waals surface area contributed by atoms with Crippen LogP contribution >= 0.6 is 0 Å². The van der Waals surface area contributed by atoms with Gasteiger partial charge in [0.1, 0.15) is 5.75 Å². The van der Waals surface area contributed by atoms with Crippen LogP contribution in [0, 0.1) is 0 Å². The fraction of sp³-hybridized carbons (Fsp3) is 0.214. The molecule has 0 saturated heterocycles. The number of rotatable bonds is 5. The third-order valence-corrected chi connectivity index (χ3v) is 2.82. The molecule has 0 fully saturated rings. The van der Waals surface area contributed by atoms with Gasteiger partial charge < -0.3 is 9.84 Å². The zero-order chi connectivity index (χ0) is 13.7. The highest BCUT2D eigenvalue weighted by Gasteiger charge is 2.19. The van der Waals surface area contributed by atoms with E-state index in [4.69, 9.17) is 9.84 Å². The number of nitrogens with zero attached hydrogens (tertiary/aromatic N) is 2. The number of hydrogen-bond donors (Lipinski definition) is 1. The molecule has 1 atom stereocenters. The summed E-state index contributed by atoms with van der Waals surface area (Å²) in [6.45, 7) is 0. The van der Waals surface area contributed by atoms with Crippen molar-refractivity contribution in [3.8, 4) is 5.75 Å². The van der Waals surface area contributed by atoms with Gasteiger partial charge in [-0.25, -0.2) is 0 Å². The molecule has 2 rings (SSSR count). The molecular weight excluding hydrogens is 244 g/mol. The fourth-order valence-corrected chi connectivity index (χ4v) is 1.93. The molecule has 5 heteroatoms. The van der Waals surface area contributed by atoms with Crippen LogP contribution in [0.3, 0.4) is 0 Å². The lowest BCUT2D eigenvalue weighted by Gasteiger charge is -2.15. The van der Waals surface area contributed by atoms with Gasteiger partial charge in [-0.1, -0.05) is 12.1 Å². The first-order valence-electron chi connectivity index (χ1n) is 5.84. The van der Waals surface area contributed by atoms with Crippen molar-refractivity contribution < 1.29 is 14.6 Å². The van der Waals surface area contributed by atoms with E-state index in [9.17, 15) is 4.79 Å². The molecule has 0 aliphatic carbocycles. The first-order chi connectivity index (χ1) is 9.20. The summed E-state index contributed by atoms with van der Waals surface area (Å²) in [6.07, 6.45) is 1.53. The van der Waals surface area contributed by atoms with Gasteiger partial charge in [-0.05, 0) is 29.8 Å². The highest BCUT2D eigenvalue weighted by molar-refractivity contribution is 5.69. The van der Waals surface area contributed by atoms with Gasteiger partial charge in [0, 0.05) is 12.1 Å². The summed E-state index contributed by atoms with van der Waals surface area (Å²) in [7, 11) is 1.58. The van der Waals surface area contributed by atoms with E-state index in [-0.39, 0.29) is 12.3 Å². The Morgan fingerprint density at radius 3 is 2.84 bits per heavy atom. The minimum absolute atomic E-state index is 0.0359. The molecule has 5 nitrogen and oxygen atoms in total. The lowest BCUT2D eigenvalue weighted by atomic mass is 9.92. The van der Waals surface area contributed by atoms with Gasteiger partial charge in [-0.2, -0.15) is 10.2 Å². The number of benzene rings is 1. The number of carbonyl (C=O) groups is 1. The molecule has 0 bridgehead atoms. The van der Waals surface area contributed by atoms with Crippen molar-refractivity contribution in [3.63, 3.8) is 0 Å². The summed E-state index contributed by atoms with van der Waals surface area (Å²) < 4.78 is 5.16. The number of aliphatic carboxylic acids is 1. The maximum absolute atomic E-state index is 11.0. The molecule has 0 amide bonds. The Hall–Kier alpha value is -2.43. The normalized spacial score (nSPS) is 11.8. The standard InChI is InChI=1S/C14H14N2O3/c1-19-11-5-2-4-10(8-11)12(9-14(17)18)13-6-3-7-15-16-13/h2-8,12H,9H2,1H3,(H,17,18). The average Bonchev–Trinajstić information content (AvgIpc) is 2.45. The molecule has 1 aromatic heterocycles. The Bertz CT molecular complexity index is 558. The van der Waals surface area contributed by atoms with Gasteiger partial charge in [-0.3, -0.25) is 4.79 Å². The Kier molecular flexibility index (Phi) is 4.07. The molecule has 0 aliphatic heterocycles. The number of carboxylic acid groups (broad SMARTS) is 1. The van der Waals surface area contributed by atoms with Crippen molar-refractivity contribution >= 4 is 5.97 Å². The SMILES string of the molecule is COc1cccc(C(CC(=O)O)c2cccnn2)c1. The molecule has 0 saturated carbocycles. The van der Waals surface area contributed by atoms with Crippen LogP contribution in [-0.2, 0) is 4.79 Å². The highest BCUT2D eigenvalue weighted by atomic mass is 16.5. The summed E-state index contributed by atoms with van der Waals surface area (Å²) in [4.78, 5) is 11.0. The van der Waals surface area contributed by atoms with Crippen LogP contribution < -0.4 is 4.74 Å². The van der Waals surface area contributed by atoms with Gasteiger partial charge in [0.15, 0.2) is 0 Å². The van der Waals surface area contributed by atoms with Crippen molar-refractivity contribution in [1.29, 1.82) is 0 Å². The molecule has 0 spiro atoms. The molecule has 0 aliphatic rings. The van der Waals surface area contributed by atoms with Crippen LogP contribution in [0.5, 0.6) is 5.75 Å². The second-order valence-corrected chi connectivity index (χ2v) is 4.08. The first-order valence-corrected chi connectivity index (χ1v) is 5.84. The summed E-state index contributed by atoms with van der Waals surface area (Å²) in [5, 5.41) is 16.9. The van der Waals surface area contributed by atoms with Crippen molar-refractivity contribution in [2.45, 2.75) is 12.3 Å². The maximum Gasteiger partial charge on any atom is 0.304 e. The monoisotopic (exact) mass is 258 g/mol. The summed E-state index contributed by atoms with van der Waals surface area (Å²) >= 11 is 0. The quantitative estimate of drug-likeness (QED) is 0.889. The van der Waals surface area contributed by atoms with E-state index in [1.165, 1.54) is 0 Å². The maximum atomic E-state index is 11.0. The largest absolute Gasteiger partial charge is 0.497 e. The van der Waals surface area contributed by atoms with Crippen LogP contribution in [0.15, 0.2) is 42.6 Å². The predicted molar refractivity (Wildman–Crippen MR) is 69.1 cm³/mol. The van der Waals surface area contributed by atoms with E-state index in [1.807, 2.05) is 24.3 Å². The molecule has 19 heavy (non-hydrogen) atoms. The van der Waals surface area contributed by atoms with E-state index in [1.54, 1.807) is 25.4 Å². The number of hydrogen-bond acceptors (Lipinski definition) is 4. The smallest absolute Gasteiger partial charge is 0.304 e. The van der Waals surface area contributed by atoms with Crippen molar-refractivity contribution in [2.75, 3.05) is 7.11 Å². The molecule has 1 aromatic carbocycles. The topological polar surface area (TPSA) is 72.3 Å². The van der Waals surface area contributed by atoms with Crippen molar-refractivity contribution in [2.24, 2.45) is 0 Å². The van der Waals surface area contributed by atoms with E-state index in [0.717, 1.165) is 5.56 Å². The average molecular weight is 258 g/mol. The van der Waals surface area contributed by atoms with E-state index in [2.05, 4.69) is 10.2 Å². The third kappa shape index (κ3) is 3.28. The lowest BCUT2D eigenvalue weighted by Crippen LogP contribution is -2.10. The molecular formula is C14H14N2O3. The van der Waals surface area contributed by atoms with E-state index >= 15 is 0 Å². The summed E-state index contributed by atoms with van der Waals surface area (Å²) in [5.41, 5.74) is 1.49. The van der Waals surface area contributed by atoms with Crippen LogP contribution in [0.1, 0.15) is 23.6 Å². The number of carboxylic acids is 1. The molecule has 1 unspecified atom stereocenters. The van der Waals surface area contributed by atoms with Gasteiger partial charge in [0.25, 0.3) is 0 Å². The van der Waals surface area contributed by atoms with Crippen molar-refractivity contribution in [1.82, 2.24) is 10.2 Å². The minimum atomic E-state index is -0.876. The summed E-state index contributed by atoms with van der Waals surface area (Å²) in [6, 6.07) is 10.9. The van der Waals surface area contributed by atoms with Crippen molar-refractivity contribution in [3.05, 3.63) is 53.9 Å². The Labute approximate surface area is 110 Å². The Morgan fingerprint density at radius 2 is 2.21 bits per heavy atom. The number of aromatic nitrogens is 2. The highest BCUT2D eigenvalue weighted by Crippen LogP contribution is 2.28. The Balaban J connectivity index is 2.39. The second-order valence-electron chi connectivity index (χ2n) is 4.08. The zero-order valence-corrected chi connectivity index (χ0v) is 10.5.